The molecule has 11 heteroatoms. The number of pyridine rings is 2. The molecule has 2 rings (SSSR count). The summed E-state index contributed by atoms with van der Waals surface area (Å²) in [5.74, 6) is -1.41. The molecule has 0 saturated heterocycles. The van der Waals surface area contributed by atoms with Crippen molar-refractivity contribution in [2.45, 2.75) is 12.4 Å². The van der Waals surface area contributed by atoms with Gasteiger partial charge in [-0.05, 0) is 24.3 Å². The molecule has 0 fully saturated rings. The van der Waals surface area contributed by atoms with Crippen LogP contribution in [0.25, 0.3) is 0 Å². The first-order valence-corrected chi connectivity index (χ1v) is 6.21. The second kappa shape index (κ2) is 6.34. The highest BCUT2D eigenvalue weighted by Crippen LogP contribution is 2.31. The van der Waals surface area contributed by atoms with Crippen LogP contribution in [-0.4, -0.2) is 15.9 Å². The van der Waals surface area contributed by atoms with E-state index < -0.39 is 35.1 Å². The summed E-state index contributed by atoms with van der Waals surface area (Å²) in [6.45, 7) is 0. The number of carbonyl (C=O) groups excluding carboxylic acids is 1. The van der Waals surface area contributed by atoms with Crippen LogP contribution in [-0.2, 0) is 12.4 Å². The molecule has 24 heavy (non-hydrogen) atoms. The first-order valence-electron chi connectivity index (χ1n) is 6.21. The van der Waals surface area contributed by atoms with E-state index in [2.05, 4.69) is 15.4 Å². The summed E-state index contributed by atoms with van der Waals surface area (Å²) in [5, 5.41) is 0. The molecule has 128 valence electrons. The van der Waals surface area contributed by atoms with Crippen LogP contribution >= 0.6 is 0 Å². The molecule has 0 aliphatic rings. The van der Waals surface area contributed by atoms with Crippen molar-refractivity contribution in [3.63, 3.8) is 0 Å². The molecule has 0 unspecified atom stereocenters. The fourth-order valence-corrected chi connectivity index (χ4v) is 1.63. The number of halogens is 6. The van der Waals surface area contributed by atoms with Crippen molar-refractivity contribution in [2.24, 2.45) is 0 Å². The van der Waals surface area contributed by atoms with Crippen LogP contribution in [0.1, 0.15) is 21.6 Å². The van der Waals surface area contributed by atoms with Crippen LogP contribution in [0.15, 0.2) is 36.7 Å². The minimum Gasteiger partial charge on any atom is -0.282 e. The quantitative estimate of drug-likeness (QED) is 0.659. The Morgan fingerprint density at radius 2 is 1.67 bits per heavy atom. The van der Waals surface area contributed by atoms with Crippen molar-refractivity contribution < 1.29 is 31.1 Å². The topological polar surface area (TPSA) is 66.9 Å². The number of hydrogen-bond acceptors (Lipinski definition) is 4. The normalized spacial score (nSPS) is 11.9. The predicted molar refractivity (Wildman–Crippen MR) is 69.6 cm³/mol. The van der Waals surface area contributed by atoms with Gasteiger partial charge in [0.25, 0.3) is 5.91 Å². The molecule has 0 aliphatic carbocycles. The molecule has 2 aromatic heterocycles. The van der Waals surface area contributed by atoms with E-state index in [-0.39, 0.29) is 5.82 Å². The fraction of sp³-hybridized carbons (Fsp3) is 0.154. The number of aromatic nitrogens is 2. The summed E-state index contributed by atoms with van der Waals surface area (Å²) in [6, 6.07) is 3.30. The summed E-state index contributed by atoms with van der Waals surface area (Å²) in [7, 11) is 0. The number of hydrazine groups is 1. The molecule has 0 saturated carbocycles. The first kappa shape index (κ1) is 17.5. The molecule has 1 amide bonds. The number of carbonyl (C=O) groups is 1. The lowest BCUT2D eigenvalue weighted by molar-refractivity contribution is -0.138. The number of anilines is 1. The number of nitrogens with one attached hydrogen (secondary N) is 2. The van der Waals surface area contributed by atoms with Crippen LogP contribution < -0.4 is 10.9 Å². The number of amides is 1. The Labute approximate surface area is 130 Å². The standard InChI is InChI=1S/C13H8F6N4O/c14-12(15,16)7-3-4-9(21-6-7)22-23-11(24)10-8(13(17,18)19)2-1-5-20-10/h1-6H,(H,21,22)(H,23,24). The molecule has 0 bridgehead atoms. The van der Waals surface area contributed by atoms with Gasteiger partial charge in [-0.1, -0.05) is 0 Å². The van der Waals surface area contributed by atoms with Gasteiger partial charge in [0.2, 0.25) is 0 Å². The van der Waals surface area contributed by atoms with Crippen molar-refractivity contribution in [3.8, 4) is 0 Å². The minimum absolute atomic E-state index is 0.194. The van der Waals surface area contributed by atoms with Gasteiger partial charge >= 0.3 is 12.4 Å². The molecule has 0 radical (unpaired) electrons. The molecule has 5 nitrogen and oxygen atoms in total. The van der Waals surface area contributed by atoms with Gasteiger partial charge in [0.15, 0.2) is 0 Å². The zero-order valence-corrected chi connectivity index (χ0v) is 11.5. The molecular formula is C13H8F6N4O. The molecule has 2 aromatic rings. The summed E-state index contributed by atoms with van der Waals surface area (Å²) in [5.41, 5.74) is 0.864. The molecule has 0 spiro atoms. The second-order valence-electron chi connectivity index (χ2n) is 4.41. The lowest BCUT2D eigenvalue weighted by Crippen LogP contribution is -2.32. The van der Waals surface area contributed by atoms with Gasteiger partial charge in [-0.2, -0.15) is 26.3 Å². The average Bonchev–Trinajstić information content (AvgIpc) is 2.51. The largest absolute Gasteiger partial charge is 0.418 e. The summed E-state index contributed by atoms with van der Waals surface area (Å²) in [4.78, 5) is 18.5. The Bertz CT molecular complexity index is 726. The molecule has 2 heterocycles. The van der Waals surface area contributed by atoms with E-state index in [1.165, 1.54) is 0 Å². The monoisotopic (exact) mass is 350 g/mol. The molecular weight excluding hydrogens is 342 g/mol. The number of rotatable bonds is 3. The highest BCUT2D eigenvalue weighted by atomic mass is 19.4. The molecule has 0 atom stereocenters. The van der Waals surface area contributed by atoms with Crippen LogP contribution in [0, 0.1) is 0 Å². The summed E-state index contributed by atoms with van der Waals surface area (Å²) >= 11 is 0. The Morgan fingerprint density at radius 3 is 2.21 bits per heavy atom. The van der Waals surface area contributed by atoms with Gasteiger partial charge in [-0.25, -0.2) is 4.98 Å². The SMILES string of the molecule is O=C(NNc1ccc(C(F)(F)F)cn1)c1ncccc1C(F)(F)F. The van der Waals surface area contributed by atoms with E-state index in [1.807, 2.05) is 5.43 Å². The smallest absolute Gasteiger partial charge is 0.282 e. The summed E-state index contributed by atoms with van der Waals surface area (Å²) < 4.78 is 75.4. The predicted octanol–water partition coefficient (Wildman–Crippen LogP) is 3.27. The van der Waals surface area contributed by atoms with Crippen molar-refractivity contribution in [1.82, 2.24) is 15.4 Å². The Hall–Kier alpha value is -2.85. The number of hydrogen-bond donors (Lipinski definition) is 2. The fourth-order valence-electron chi connectivity index (χ4n) is 1.63. The second-order valence-corrected chi connectivity index (χ2v) is 4.41. The van der Waals surface area contributed by atoms with E-state index in [9.17, 15) is 31.1 Å². The highest BCUT2D eigenvalue weighted by molar-refractivity contribution is 5.94. The van der Waals surface area contributed by atoms with E-state index in [0.29, 0.717) is 18.3 Å². The third-order valence-electron chi connectivity index (χ3n) is 2.72. The number of alkyl halides is 6. The molecule has 2 N–H and O–H groups in total. The maximum absolute atomic E-state index is 12.8. The Morgan fingerprint density at radius 1 is 0.958 bits per heavy atom. The molecule has 0 aliphatic heterocycles. The van der Waals surface area contributed by atoms with E-state index >= 15 is 0 Å². The van der Waals surface area contributed by atoms with Gasteiger partial charge in [0.05, 0.1) is 11.1 Å². The lowest BCUT2D eigenvalue weighted by atomic mass is 10.2. The Balaban J connectivity index is 2.09. The zero-order chi connectivity index (χ0) is 18.0. The average molecular weight is 350 g/mol. The van der Waals surface area contributed by atoms with Crippen molar-refractivity contribution in [3.05, 3.63) is 53.5 Å². The third-order valence-corrected chi connectivity index (χ3v) is 2.72. The zero-order valence-electron chi connectivity index (χ0n) is 11.5. The van der Waals surface area contributed by atoms with Gasteiger partial charge in [-0.15, -0.1) is 0 Å². The maximum atomic E-state index is 12.8. The van der Waals surface area contributed by atoms with Crippen LogP contribution in [0.4, 0.5) is 32.2 Å². The molecule has 0 aromatic carbocycles. The van der Waals surface area contributed by atoms with Crippen LogP contribution in [0.5, 0.6) is 0 Å². The van der Waals surface area contributed by atoms with Gasteiger partial charge < -0.3 is 0 Å². The van der Waals surface area contributed by atoms with E-state index in [1.54, 1.807) is 0 Å². The van der Waals surface area contributed by atoms with E-state index in [4.69, 9.17) is 0 Å². The summed E-state index contributed by atoms with van der Waals surface area (Å²) in [6.07, 6.45) is -7.85. The van der Waals surface area contributed by atoms with E-state index in [0.717, 1.165) is 18.3 Å². The van der Waals surface area contributed by atoms with Crippen molar-refractivity contribution in [1.29, 1.82) is 0 Å². The van der Waals surface area contributed by atoms with Gasteiger partial charge in [-0.3, -0.25) is 20.6 Å². The Kier molecular flexibility index (Phi) is 4.62. The third kappa shape index (κ3) is 4.12. The van der Waals surface area contributed by atoms with Crippen molar-refractivity contribution in [2.75, 3.05) is 5.43 Å². The lowest BCUT2D eigenvalue weighted by Gasteiger charge is -2.12. The maximum Gasteiger partial charge on any atom is 0.418 e. The van der Waals surface area contributed by atoms with Crippen LogP contribution in [0.3, 0.4) is 0 Å². The minimum atomic E-state index is -4.78. The van der Waals surface area contributed by atoms with Crippen LogP contribution in [0.2, 0.25) is 0 Å². The van der Waals surface area contributed by atoms with Crippen molar-refractivity contribution >= 4 is 11.7 Å². The highest BCUT2D eigenvalue weighted by Gasteiger charge is 2.36. The number of nitrogens with zero attached hydrogens (tertiary/aromatic N) is 2. The van der Waals surface area contributed by atoms with Gasteiger partial charge in [0.1, 0.15) is 11.5 Å². The first-order chi connectivity index (χ1) is 11.1. The van der Waals surface area contributed by atoms with Gasteiger partial charge in [0, 0.05) is 12.4 Å².